The number of hydrogen-bond acceptors (Lipinski definition) is 5. The van der Waals surface area contributed by atoms with Crippen molar-refractivity contribution in [2.45, 2.75) is 25.5 Å². The molecule has 1 amide bonds. The first-order chi connectivity index (χ1) is 12.7. The number of amides is 1. The second-order valence-corrected chi connectivity index (χ2v) is 6.69. The second-order valence-electron chi connectivity index (χ2n) is 6.69. The largest absolute Gasteiger partial charge is 0.376 e. The van der Waals surface area contributed by atoms with Crippen molar-refractivity contribution < 1.29 is 13.9 Å². The summed E-state index contributed by atoms with van der Waals surface area (Å²) in [4.78, 5) is 16.4. The molecule has 0 unspecified atom stereocenters. The monoisotopic (exact) mass is 359 g/mol. The molecule has 1 aromatic heterocycles. The summed E-state index contributed by atoms with van der Waals surface area (Å²) in [5.41, 5.74) is 0.935. The topological polar surface area (TPSA) is 63.5 Å². The molecule has 2 aliphatic rings. The lowest BCUT2D eigenvalue weighted by atomic mass is 10.2. The number of rotatable bonds is 4. The Hall–Kier alpha value is -2.48. The summed E-state index contributed by atoms with van der Waals surface area (Å²) in [5, 5.41) is 8.07. The highest BCUT2D eigenvalue weighted by atomic mass is 19.1. The van der Waals surface area contributed by atoms with Gasteiger partial charge in [-0.25, -0.2) is 9.07 Å². The van der Waals surface area contributed by atoms with Crippen LogP contribution in [0.25, 0.3) is 0 Å². The summed E-state index contributed by atoms with van der Waals surface area (Å²) in [5.74, 6) is -0.360. The molecular formula is C18H22FN5O2. The van der Waals surface area contributed by atoms with Crippen LogP contribution in [0.5, 0.6) is 0 Å². The molecule has 1 aromatic carbocycles. The number of ether oxygens (including phenoxy) is 1. The number of anilines is 1. The zero-order valence-corrected chi connectivity index (χ0v) is 14.6. The Kier molecular flexibility index (Phi) is 4.83. The van der Waals surface area contributed by atoms with Gasteiger partial charge in [-0.3, -0.25) is 4.79 Å². The smallest absolute Gasteiger partial charge is 0.276 e. The summed E-state index contributed by atoms with van der Waals surface area (Å²) in [7, 11) is 0. The van der Waals surface area contributed by atoms with Crippen molar-refractivity contribution in [2.75, 3.05) is 37.7 Å². The third-order valence-electron chi connectivity index (χ3n) is 4.93. The van der Waals surface area contributed by atoms with Crippen LogP contribution in [0.1, 0.15) is 23.3 Å². The number of piperazine rings is 1. The molecule has 0 saturated carbocycles. The fourth-order valence-electron chi connectivity index (χ4n) is 3.50. The van der Waals surface area contributed by atoms with Gasteiger partial charge in [0.25, 0.3) is 5.91 Å². The number of carbonyl (C=O) groups is 1. The third-order valence-corrected chi connectivity index (χ3v) is 4.93. The molecule has 2 fully saturated rings. The molecule has 0 bridgehead atoms. The normalized spacial score (nSPS) is 20.6. The molecular weight excluding hydrogens is 337 g/mol. The van der Waals surface area contributed by atoms with Gasteiger partial charge in [0, 0.05) is 32.8 Å². The third kappa shape index (κ3) is 3.55. The second kappa shape index (κ2) is 7.41. The van der Waals surface area contributed by atoms with Gasteiger partial charge in [-0.2, -0.15) is 0 Å². The molecule has 2 aliphatic heterocycles. The molecule has 2 saturated heterocycles. The number of carbonyl (C=O) groups excluding carboxylic acids is 1. The van der Waals surface area contributed by atoms with Crippen LogP contribution < -0.4 is 4.90 Å². The molecule has 0 N–H and O–H groups in total. The molecule has 0 aliphatic carbocycles. The van der Waals surface area contributed by atoms with Crippen molar-refractivity contribution in [2.24, 2.45) is 0 Å². The van der Waals surface area contributed by atoms with Crippen molar-refractivity contribution >= 4 is 11.6 Å². The first kappa shape index (κ1) is 17.0. The van der Waals surface area contributed by atoms with Crippen molar-refractivity contribution in [1.29, 1.82) is 0 Å². The highest BCUT2D eigenvalue weighted by Gasteiger charge is 2.25. The molecule has 2 aromatic rings. The minimum absolute atomic E-state index is 0.128. The minimum atomic E-state index is -0.232. The van der Waals surface area contributed by atoms with E-state index in [1.54, 1.807) is 27.9 Å². The van der Waals surface area contributed by atoms with Crippen LogP contribution in [0.2, 0.25) is 0 Å². The van der Waals surface area contributed by atoms with Crippen LogP contribution in [0.3, 0.4) is 0 Å². The van der Waals surface area contributed by atoms with Crippen LogP contribution in [-0.2, 0) is 11.3 Å². The van der Waals surface area contributed by atoms with Gasteiger partial charge in [0.15, 0.2) is 5.69 Å². The quantitative estimate of drug-likeness (QED) is 0.829. The molecule has 4 rings (SSSR count). The van der Waals surface area contributed by atoms with E-state index in [2.05, 4.69) is 10.3 Å². The van der Waals surface area contributed by atoms with Crippen molar-refractivity contribution in [3.63, 3.8) is 0 Å². The van der Waals surface area contributed by atoms with E-state index in [0.717, 1.165) is 19.4 Å². The van der Waals surface area contributed by atoms with Gasteiger partial charge in [0.1, 0.15) is 5.82 Å². The standard InChI is InChI=1S/C18H22FN5O2/c19-15-5-1-2-6-17(15)22-7-9-23(10-8-22)18(25)16-13-24(21-20-16)12-14-4-3-11-26-14/h1-2,5-6,13-14H,3-4,7-12H2/t14-/m0/s1. The lowest BCUT2D eigenvalue weighted by Crippen LogP contribution is -2.49. The highest BCUT2D eigenvalue weighted by molar-refractivity contribution is 5.92. The number of para-hydroxylation sites is 1. The van der Waals surface area contributed by atoms with Gasteiger partial charge in [0.05, 0.1) is 24.5 Å². The predicted octanol–water partition coefficient (Wildman–Crippen LogP) is 1.56. The molecule has 26 heavy (non-hydrogen) atoms. The first-order valence-corrected chi connectivity index (χ1v) is 9.01. The van der Waals surface area contributed by atoms with E-state index in [4.69, 9.17) is 4.74 Å². The summed E-state index contributed by atoms with van der Waals surface area (Å²) >= 11 is 0. The Balaban J connectivity index is 1.35. The van der Waals surface area contributed by atoms with Crippen LogP contribution in [-0.4, -0.2) is 64.7 Å². The average Bonchev–Trinajstić information content (AvgIpc) is 3.34. The van der Waals surface area contributed by atoms with Gasteiger partial charge in [-0.05, 0) is 25.0 Å². The molecule has 1 atom stereocenters. The fraction of sp³-hybridized carbons (Fsp3) is 0.500. The van der Waals surface area contributed by atoms with E-state index in [1.807, 2.05) is 11.0 Å². The Morgan fingerprint density at radius 3 is 2.77 bits per heavy atom. The van der Waals surface area contributed by atoms with Crippen molar-refractivity contribution in [3.05, 3.63) is 42.0 Å². The summed E-state index contributed by atoms with van der Waals surface area (Å²) in [6.45, 7) is 3.67. The van der Waals surface area contributed by atoms with Crippen LogP contribution in [0, 0.1) is 5.82 Å². The van der Waals surface area contributed by atoms with Crippen molar-refractivity contribution in [3.8, 4) is 0 Å². The van der Waals surface area contributed by atoms with E-state index in [0.29, 0.717) is 44.1 Å². The Morgan fingerprint density at radius 1 is 1.23 bits per heavy atom. The lowest BCUT2D eigenvalue weighted by molar-refractivity contribution is 0.0740. The summed E-state index contributed by atoms with van der Waals surface area (Å²) in [6.07, 6.45) is 3.93. The number of nitrogens with zero attached hydrogens (tertiary/aromatic N) is 5. The van der Waals surface area contributed by atoms with Gasteiger partial charge in [-0.15, -0.1) is 5.10 Å². The lowest BCUT2D eigenvalue weighted by Gasteiger charge is -2.35. The van der Waals surface area contributed by atoms with Gasteiger partial charge >= 0.3 is 0 Å². The van der Waals surface area contributed by atoms with Gasteiger partial charge in [0.2, 0.25) is 0 Å². The number of hydrogen-bond donors (Lipinski definition) is 0. The predicted molar refractivity (Wildman–Crippen MR) is 93.5 cm³/mol. The van der Waals surface area contributed by atoms with E-state index < -0.39 is 0 Å². The zero-order valence-electron chi connectivity index (χ0n) is 14.6. The molecule has 138 valence electrons. The van der Waals surface area contributed by atoms with E-state index >= 15 is 0 Å². The van der Waals surface area contributed by atoms with E-state index in [-0.39, 0.29) is 17.8 Å². The Labute approximate surface area is 151 Å². The Bertz CT molecular complexity index is 766. The van der Waals surface area contributed by atoms with Crippen LogP contribution in [0.4, 0.5) is 10.1 Å². The summed E-state index contributed by atoms with van der Waals surface area (Å²) in [6, 6.07) is 6.73. The molecule has 0 radical (unpaired) electrons. The van der Waals surface area contributed by atoms with Crippen LogP contribution >= 0.6 is 0 Å². The maximum absolute atomic E-state index is 13.9. The average molecular weight is 359 g/mol. The molecule has 0 spiro atoms. The maximum Gasteiger partial charge on any atom is 0.276 e. The van der Waals surface area contributed by atoms with Crippen LogP contribution in [0.15, 0.2) is 30.5 Å². The SMILES string of the molecule is O=C(c1cn(C[C@@H]2CCCO2)nn1)N1CCN(c2ccccc2F)CC1. The molecule has 3 heterocycles. The fourth-order valence-corrected chi connectivity index (χ4v) is 3.50. The zero-order chi connectivity index (χ0) is 17.9. The van der Waals surface area contributed by atoms with Gasteiger partial charge in [-0.1, -0.05) is 17.3 Å². The number of halogens is 1. The highest BCUT2D eigenvalue weighted by Crippen LogP contribution is 2.20. The number of benzene rings is 1. The summed E-state index contributed by atoms with van der Waals surface area (Å²) < 4.78 is 21.2. The Morgan fingerprint density at radius 2 is 2.04 bits per heavy atom. The van der Waals surface area contributed by atoms with E-state index in [1.165, 1.54) is 6.07 Å². The number of aromatic nitrogens is 3. The molecule has 8 heteroatoms. The minimum Gasteiger partial charge on any atom is -0.376 e. The van der Waals surface area contributed by atoms with Gasteiger partial charge < -0.3 is 14.5 Å². The van der Waals surface area contributed by atoms with Crippen molar-refractivity contribution in [1.82, 2.24) is 19.9 Å². The molecule has 7 nitrogen and oxygen atoms in total. The van der Waals surface area contributed by atoms with E-state index in [9.17, 15) is 9.18 Å². The maximum atomic E-state index is 13.9. The first-order valence-electron chi connectivity index (χ1n) is 9.01.